The van der Waals surface area contributed by atoms with Gasteiger partial charge in [0.25, 0.3) is 0 Å². The van der Waals surface area contributed by atoms with Crippen molar-refractivity contribution in [2.24, 2.45) is 7.05 Å². The van der Waals surface area contributed by atoms with E-state index in [9.17, 15) is 4.79 Å². The Morgan fingerprint density at radius 3 is 2.56 bits per heavy atom. The minimum absolute atomic E-state index is 0.0153. The molecule has 0 amide bonds. The molecule has 8 heteroatoms. The predicted octanol–water partition coefficient (Wildman–Crippen LogP) is 3.38. The van der Waals surface area contributed by atoms with Gasteiger partial charge in [-0.05, 0) is 49.7 Å². The maximum absolute atomic E-state index is 13.1. The standard InChI is InChI=1S/C26H29N7O/c1-18(2)32-8-10-33(11-9-32)26-14-20(6-7-27-26)25(34)15-23-13-21-12-19(4-5-24(21)30-29-23)22-16-28-31(3)17-22/h4-7,12-14,16-18H,8-11,15H2,1-3H3. The molecule has 1 aromatic carbocycles. The van der Waals surface area contributed by atoms with Crippen LogP contribution in [-0.4, -0.2) is 67.9 Å². The number of piperazine rings is 1. The highest BCUT2D eigenvalue weighted by molar-refractivity contribution is 5.98. The second-order valence-corrected chi connectivity index (χ2v) is 9.13. The number of anilines is 1. The van der Waals surface area contributed by atoms with Gasteiger partial charge in [0.15, 0.2) is 5.78 Å². The minimum Gasteiger partial charge on any atom is -0.354 e. The van der Waals surface area contributed by atoms with Gasteiger partial charge in [-0.25, -0.2) is 4.98 Å². The number of ketones is 1. The Balaban J connectivity index is 1.32. The first-order valence-corrected chi connectivity index (χ1v) is 11.7. The lowest BCUT2D eigenvalue weighted by Gasteiger charge is -2.37. The molecule has 0 radical (unpaired) electrons. The molecule has 1 saturated heterocycles. The number of pyridine rings is 1. The number of carbonyl (C=O) groups is 1. The molecule has 1 aliphatic rings. The maximum atomic E-state index is 13.1. The number of Topliss-reactive ketones (excluding diaryl/α,β-unsaturated/α-hetero) is 1. The molecule has 0 aliphatic carbocycles. The lowest BCUT2D eigenvalue weighted by molar-refractivity contribution is 0.0991. The fourth-order valence-corrected chi connectivity index (χ4v) is 4.42. The summed E-state index contributed by atoms with van der Waals surface area (Å²) in [6.07, 6.45) is 5.74. The van der Waals surface area contributed by atoms with Gasteiger partial charge in [-0.1, -0.05) is 6.07 Å². The third-order valence-electron chi connectivity index (χ3n) is 6.45. The van der Waals surface area contributed by atoms with E-state index in [-0.39, 0.29) is 12.2 Å². The van der Waals surface area contributed by atoms with Gasteiger partial charge in [-0.15, -0.1) is 0 Å². The summed E-state index contributed by atoms with van der Waals surface area (Å²) >= 11 is 0. The zero-order chi connectivity index (χ0) is 23.7. The topological polar surface area (TPSA) is 80.0 Å². The van der Waals surface area contributed by atoms with Gasteiger partial charge in [0, 0.05) is 68.2 Å². The summed E-state index contributed by atoms with van der Waals surface area (Å²) in [5, 5.41) is 13.8. The van der Waals surface area contributed by atoms with Crippen LogP contribution in [-0.2, 0) is 13.5 Å². The van der Waals surface area contributed by atoms with Gasteiger partial charge in [0.05, 0.1) is 23.8 Å². The molecule has 0 bridgehead atoms. The van der Waals surface area contributed by atoms with E-state index in [4.69, 9.17) is 0 Å². The Morgan fingerprint density at radius 2 is 1.82 bits per heavy atom. The van der Waals surface area contributed by atoms with Crippen LogP contribution in [0.4, 0.5) is 5.82 Å². The number of fused-ring (bicyclic) bond motifs is 1. The van der Waals surface area contributed by atoms with Crippen LogP contribution in [0.5, 0.6) is 0 Å². The lowest BCUT2D eigenvalue weighted by atomic mass is 10.0. The van der Waals surface area contributed by atoms with Crippen molar-refractivity contribution >= 4 is 22.5 Å². The van der Waals surface area contributed by atoms with Crippen LogP contribution in [0.1, 0.15) is 29.9 Å². The largest absolute Gasteiger partial charge is 0.354 e. The summed E-state index contributed by atoms with van der Waals surface area (Å²) in [5.41, 5.74) is 4.21. The Hall–Kier alpha value is -3.65. The van der Waals surface area contributed by atoms with Gasteiger partial charge in [-0.3, -0.25) is 14.4 Å². The van der Waals surface area contributed by atoms with Gasteiger partial charge in [0.2, 0.25) is 0 Å². The van der Waals surface area contributed by atoms with Crippen LogP contribution in [0.15, 0.2) is 55.0 Å². The summed E-state index contributed by atoms with van der Waals surface area (Å²) < 4.78 is 1.78. The summed E-state index contributed by atoms with van der Waals surface area (Å²) in [5.74, 6) is 0.876. The third-order valence-corrected chi connectivity index (χ3v) is 6.45. The molecule has 0 saturated carbocycles. The smallest absolute Gasteiger partial charge is 0.169 e. The number of nitrogens with zero attached hydrogens (tertiary/aromatic N) is 7. The van der Waals surface area contributed by atoms with Crippen LogP contribution in [0, 0.1) is 0 Å². The highest BCUT2D eigenvalue weighted by Gasteiger charge is 2.20. The molecule has 1 aliphatic heterocycles. The van der Waals surface area contributed by atoms with Gasteiger partial charge < -0.3 is 4.90 Å². The van der Waals surface area contributed by atoms with Gasteiger partial charge >= 0.3 is 0 Å². The molecular formula is C26H29N7O. The van der Waals surface area contributed by atoms with Crippen LogP contribution >= 0.6 is 0 Å². The molecule has 5 rings (SSSR count). The Bertz CT molecular complexity index is 1320. The SMILES string of the molecule is CC(C)N1CCN(c2cc(C(=O)Cc3cc4cc(-c5cnn(C)c5)ccc4nn3)ccn2)CC1. The average molecular weight is 456 g/mol. The van der Waals surface area contributed by atoms with E-state index in [2.05, 4.69) is 50.0 Å². The van der Waals surface area contributed by atoms with E-state index in [1.165, 1.54) is 0 Å². The predicted molar refractivity (Wildman–Crippen MR) is 133 cm³/mol. The van der Waals surface area contributed by atoms with Crippen molar-refractivity contribution < 1.29 is 4.79 Å². The van der Waals surface area contributed by atoms with Crippen LogP contribution < -0.4 is 4.90 Å². The van der Waals surface area contributed by atoms with Crippen molar-refractivity contribution in [3.63, 3.8) is 0 Å². The van der Waals surface area contributed by atoms with Crippen molar-refractivity contribution in [2.45, 2.75) is 26.3 Å². The summed E-state index contributed by atoms with van der Waals surface area (Å²) in [6.45, 7) is 8.29. The lowest BCUT2D eigenvalue weighted by Crippen LogP contribution is -2.49. The molecule has 0 unspecified atom stereocenters. The molecule has 3 aromatic heterocycles. The third kappa shape index (κ3) is 4.68. The number of rotatable bonds is 6. The molecule has 4 aromatic rings. The van der Waals surface area contributed by atoms with Crippen LogP contribution in [0.25, 0.3) is 22.0 Å². The van der Waals surface area contributed by atoms with E-state index >= 15 is 0 Å². The van der Waals surface area contributed by atoms with Crippen LogP contribution in [0.3, 0.4) is 0 Å². The maximum Gasteiger partial charge on any atom is 0.169 e. The van der Waals surface area contributed by atoms with E-state index < -0.39 is 0 Å². The first-order valence-electron chi connectivity index (χ1n) is 11.7. The van der Waals surface area contributed by atoms with Crippen LogP contribution in [0.2, 0.25) is 0 Å². The summed E-state index contributed by atoms with van der Waals surface area (Å²) in [6, 6.07) is 12.2. The molecule has 1 fully saturated rings. The van der Waals surface area contributed by atoms with Crippen molar-refractivity contribution in [3.8, 4) is 11.1 Å². The second kappa shape index (κ2) is 9.30. The molecule has 0 spiro atoms. The first kappa shape index (κ1) is 22.2. The monoisotopic (exact) mass is 455 g/mol. The minimum atomic E-state index is 0.0153. The summed E-state index contributed by atoms with van der Waals surface area (Å²) in [4.78, 5) is 22.3. The number of aryl methyl sites for hydroxylation is 1. The highest BCUT2D eigenvalue weighted by Crippen LogP contribution is 2.24. The van der Waals surface area contributed by atoms with E-state index in [1.54, 1.807) is 16.9 Å². The van der Waals surface area contributed by atoms with Crippen molar-refractivity contribution in [3.05, 3.63) is 66.2 Å². The zero-order valence-corrected chi connectivity index (χ0v) is 19.8. The number of benzene rings is 1. The number of hydrogen-bond donors (Lipinski definition) is 0. The van der Waals surface area contributed by atoms with E-state index in [0.717, 1.165) is 54.0 Å². The van der Waals surface area contributed by atoms with Crippen molar-refractivity contribution in [1.82, 2.24) is 29.9 Å². The number of hydrogen-bond acceptors (Lipinski definition) is 7. The van der Waals surface area contributed by atoms with Crippen molar-refractivity contribution in [2.75, 3.05) is 31.1 Å². The first-order chi connectivity index (χ1) is 16.5. The highest BCUT2D eigenvalue weighted by atomic mass is 16.1. The number of aromatic nitrogens is 5. The summed E-state index contributed by atoms with van der Waals surface area (Å²) in [7, 11) is 1.90. The molecule has 174 valence electrons. The average Bonchev–Trinajstić information content (AvgIpc) is 3.30. The molecule has 0 atom stereocenters. The van der Waals surface area contributed by atoms with E-state index in [0.29, 0.717) is 17.3 Å². The normalized spacial score (nSPS) is 14.8. The fourth-order valence-electron chi connectivity index (χ4n) is 4.42. The second-order valence-electron chi connectivity index (χ2n) is 9.13. The Kier molecular flexibility index (Phi) is 6.06. The molecule has 4 heterocycles. The Labute approximate surface area is 199 Å². The van der Waals surface area contributed by atoms with Crippen molar-refractivity contribution in [1.29, 1.82) is 0 Å². The Morgan fingerprint density at radius 1 is 1.00 bits per heavy atom. The quantitative estimate of drug-likeness (QED) is 0.412. The van der Waals surface area contributed by atoms with E-state index in [1.807, 2.05) is 43.7 Å². The molecule has 34 heavy (non-hydrogen) atoms. The molecule has 8 nitrogen and oxygen atoms in total. The zero-order valence-electron chi connectivity index (χ0n) is 19.8. The molecular weight excluding hydrogens is 426 g/mol. The number of carbonyl (C=O) groups excluding carboxylic acids is 1. The molecule has 0 N–H and O–H groups in total. The fraction of sp³-hybridized carbons (Fsp3) is 0.346. The van der Waals surface area contributed by atoms with Gasteiger partial charge in [-0.2, -0.15) is 15.3 Å². The van der Waals surface area contributed by atoms with Gasteiger partial charge in [0.1, 0.15) is 5.82 Å².